The van der Waals surface area contributed by atoms with Crippen LogP contribution in [0.2, 0.25) is 0 Å². The molecule has 0 spiro atoms. The Hall–Kier alpha value is -0.900. The number of nitrogens with zero attached hydrogens (tertiary/aromatic N) is 1. The predicted molar refractivity (Wildman–Crippen MR) is 82.3 cm³/mol. The molecule has 0 amide bonds. The average molecular weight is 305 g/mol. The molecular formula is C17H23NO2S. The monoisotopic (exact) mass is 305 g/mol. The van der Waals surface area contributed by atoms with Gasteiger partial charge in [-0.1, -0.05) is 0 Å². The highest BCUT2D eigenvalue weighted by Gasteiger charge is 2.49. The van der Waals surface area contributed by atoms with Gasteiger partial charge in [-0.2, -0.15) is 0 Å². The Labute approximate surface area is 127 Å². The van der Waals surface area contributed by atoms with Crippen molar-refractivity contribution in [1.29, 1.82) is 0 Å². The van der Waals surface area contributed by atoms with Crippen molar-refractivity contribution in [2.24, 2.45) is 29.6 Å². The van der Waals surface area contributed by atoms with Crippen LogP contribution < -0.4 is 0 Å². The molecule has 0 aromatic carbocycles. The van der Waals surface area contributed by atoms with Crippen molar-refractivity contribution in [1.82, 2.24) is 4.98 Å². The number of aromatic nitrogens is 1. The van der Waals surface area contributed by atoms with Crippen molar-refractivity contribution in [3.63, 3.8) is 0 Å². The molecule has 4 aliphatic rings. The minimum absolute atomic E-state index is 0.179. The lowest BCUT2D eigenvalue weighted by Crippen LogP contribution is -2.47. The normalized spacial score (nSPS) is 37.8. The van der Waals surface area contributed by atoms with Gasteiger partial charge in [0.05, 0.1) is 11.5 Å². The summed E-state index contributed by atoms with van der Waals surface area (Å²) < 4.78 is 25.1. The molecule has 0 radical (unpaired) electrons. The van der Waals surface area contributed by atoms with Crippen LogP contribution in [0.25, 0.3) is 0 Å². The second kappa shape index (κ2) is 5.08. The summed E-state index contributed by atoms with van der Waals surface area (Å²) >= 11 is 0. The lowest BCUT2D eigenvalue weighted by atomic mass is 9.52. The first-order valence-corrected chi connectivity index (χ1v) is 10.0. The van der Waals surface area contributed by atoms with Crippen LogP contribution in [0.4, 0.5) is 0 Å². The first kappa shape index (κ1) is 13.7. The predicted octanol–water partition coefficient (Wildman–Crippen LogP) is 3.07. The second-order valence-electron chi connectivity index (χ2n) is 7.50. The molecule has 0 aliphatic heterocycles. The van der Waals surface area contributed by atoms with Gasteiger partial charge in [-0.15, -0.1) is 0 Å². The van der Waals surface area contributed by atoms with Crippen LogP contribution in [0, 0.1) is 29.6 Å². The number of hydrogen-bond acceptors (Lipinski definition) is 3. The quantitative estimate of drug-likeness (QED) is 0.859. The molecule has 4 fully saturated rings. The lowest BCUT2D eigenvalue weighted by Gasteiger charge is -2.54. The smallest absolute Gasteiger partial charge is 0.154 e. The standard InChI is InChI=1S/C17H23NO2S/c19-21(20,10-12-1-3-18-4-2-12)11-17-15-6-13-5-14(8-15)9-16(17)7-13/h1-4,13-17H,5-11H2. The second-order valence-corrected chi connectivity index (χ2v) is 9.61. The summed E-state index contributed by atoms with van der Waals surface area (Å²) in [5.74, 6) is 4.22. The van der Waals surface area contributed by atoms with Gasteiger partial charge < -0.3 is 0 Å². The van der Waals surface area contributed by atoms with Crippen LogP contribution in [0.1, 0.15) is 37.7 Å². The van der Waals surface area contributed by atoms with E-state index in [-0.39, 0.29) is 5.75 Å². The Morgan fingerprint density at radius 1 is 0.952 bits per heavy atom. The SMILES string of the molecule is O=S(=O)(Cc1ccncc1)CC1C2CC3CC(C2)CC1C3. The van der Waals surface area contributed by atoms with E-state index in [4.69, 9.17) is 0 Å². The van der Waals surface area contributed by atoms with Gasteiger partial charge in [0.2, 0.25) is 0 Å². The van der Waals surface area contributed by atoms with Gasteiger partial charge in [-0.3, -0.25) is 4.98 Å². The zero-order valence-electron chi connectivity index (χ0n) is 12.3. The summed E-state index contributed by atoms with van der Waals surface area (Å²) in [6.07, 6.45) is 9.95. The van der Waals surface area contributed by atoms with E-state index < -0.39 is 9.84 Å². The topological polar surface area (TPSA) is 47.0 Å². The summed E-state index contributed by atoms with van der Waals surface area (Å²) in [6, 6.07) is 3.63. The molecule has 1 aromatic rings. The molecule has 0 N–H and O–H groups in total. The third-order valence-corrected chi connectivity index (χ3v) is 7.67. The molecule has 4 heteroatoms. The molecule has 3 nitrogen and oxygen atoms in total. The van der Waals surface area contributed by atoms with Crippen LogP contribution >= 0.6 is 0 Å². The Morgan fingerprint density at radius 3 is 2.10 bits per heavy atom. The molecule has 4 aliphatic carbocycles. The van der Waals surface area contributed by atoms with Crippen LogP contribution in [-0.4, -0.2) is 19.2 Å². The third-order valence-electron chi connectivity index (χ3n) is 6.00. The maximum absolute atomic E-state index is 12.6. The van der Waals surface area contributed by atoms with Gasteiger partial charge in [-0.05, 0) is 79.4 Å². The van der Waals surface area contributed by atoms with E-state index in [2.05, 4.69) is 4.98 Å². The van der Waals surface area contributed by atoms with Crippen molar-refractivity contribution >= 4 is 9.84 Å². The first-order valence-electron chi connectivity index (χ1n) is 8.18. The lowest BCUT2D eigenvalue weighted by molar-refractivity contribution is -0.0268. The molecule has 0 atom stereocenters. The van der Waals surface area contributed by atoms with Crippen LogP contribution in [0.15, 0.2) is 24.5 Å². The largest absolute Gasteiger partial charge is 0.265 e. The van der Waals surface area contributed by atoms with Crippen LogP contribution in [0.3, 0.4) is 0 Å². The molecule has 1 heterocycles. The molecule has 114 valence electrons. The summed E-state index contributed by atoms with van der Waals surface area (Å²) in [4.78, 5) is 3.96. The Bertz CT molecular complexity index is 583. The van der Waals surface area contributed by atoms with Crippen LogP contribution in [0.5, 0.6) is 0 Å². The van der Waals surface area contributed by atoms with E-state index >= 15 is 0 Å². The van der Waals surface area contributed by atoms with Gasteiger partial charge in [0, 0.05) is 12.4 Å². The summed E-state index contributed by atoms with van der Waals surface area (Å²) in [5.41, 5.74) is 0.869. The van der Waals surface area contributed by atoms with Crippen molar-refractivity contribution in [3.8, 4) is 0 Å². The number of sulfone groups is 1. The average Bonchev–Trinajstić information content (AvgIpc) is 2.43. The van der Waals surface area contributed by atoms with Crippen molar-refractivity contribution in [2.75, 3.05) is 5.75 Å². The summed E-state index contributed by atoms with van der Waals surface area (Å²) in [5, 5.41) is 0. The molecule has 4 bridgehead atoms. The highest BCUT2D eigenvalue weighted by Crippen LogP contribution is 2.56. The highest BCUT2D eigenvalue weighted by molar-refractivity contribution is 7.90. The molecule has 0 saturated heterocycles. The number of hydrogen-bond donors (Lipinski definition) is 0. The molecule has 1 aromatic heterocycles. The fraction of sp³-hybridized carbons (Fsp3) is 0.706. The van der Waals surface area contributed by atoms with Gasteiger partial charge in [0.25, 0.3) is 0 Å². The van der Waals surface area contributed by atoms with E-state index in [9.17, 15) is 8.42 Å². The fourth-order valence-electron chi connectivity index (χ4n) is 5.40. The van der Waals surface area contributed by atoms with Gasteiger partial charge in [0.1, 0.15) is 0 Å². The summed E-state index contributed by atoms with van der Waals surface area (Å²) in [6.45, 7) is 0. The van der Waals surface area contributed by atoms with E-state index in [0.717, 1.165) is 17.4 Å². The van der Waals surface area contributed by atoms with E-state index in [1.807, 2.05) is 12.1 Å². The first-order chi connectivity index (χ1) is 10.1. The molecule has 4 saturated carbocycles. The molecule has 21 heavy (non-hydrogen) atoms. The maximum Gasteiger partial charge on any atom is 0.154 e. The Kier molecular flexibility index (Phi) is 3.32. The van der Waals surface area contributed by atoms with Crippen molar-refractivity contribution < 1.29 is 8.42 Å². The zero-order chi connectivity index (χ0) is 14.4. The minimum Gasteiger partial charge on any atom is -0.265 e. The highest BCUT2D eigenvalue weighted by atomic mass is 32.2. The number of pyridine rings is 1. The van der Waals surface area contributed by atoms with E-state index in [1.54, 1.807) is 12.4 Å². The van der Waals surface area contributed by atoms with Crippen molar-refractivity contribution in [3.05, 3.63) is 30.1 Å². The minimum atomic E-state index is -3.01. The van der Waals surface area contributed by atoms with Crippen molar-refractivity contribution in [2.45, 2.75) is 37.9 Å². The third kappa shape index (κ3) is 2.75. The molecule has 5 rings (SSSR count). The maximum atomic E-state index is 12.6. The molecule has 0 unspecified atom stereocenters. The van der Waals surface area contributed by atoms with E-state index in [1.165, 1.54) is 32.1 Å². The zero-order valence-corrected chi connectivity index (χ0v) is 13.1. The summed E-state index contributed by atoms with van der Waals surface area (Å²) in [7, 11) is -3.01. The van der Waals surface area contributed by atoms with Gasteiger partial charge >= 0.3 is 0 Å². The molecular weight excluding hydrogens is 282 g/mol. The number of rotatable bonds is 4. The Morgan fingerprint density at radius 2 is 1.52 bits per heavy atom. The van der Waals surface area contributed by atoms with E-state index in [0.29, 0.717) is 23.5 Å². The fourth-order valence-corrected chi connectivity index (χ4v) is 7.34. The van der Waals surface area contributed by atoms with Crippen LogP contribution in [-0.2, 0) is 15.6 Å². The van der Waals surface area contributed by atoms with Gasteiger partial charge in [0.15, 0.2) is 9.84 Å². The Balaban J connectivity index is 1.48. The van der Waals surface area contributed by atoms with Gasteiger partial charge in [-0.25, -0.2) is 8.42 Å².